The molecule has 4 rings (SSSR count). The summed E-state index contributed by atoms with van der Waals surface area (Å²) in [7, 11) is -3.63. The highest BCUT2D eigenvalue weighted by atomic mass is 35.5. The first-order chi connectivity index (χ1) is 15.7. The number of rotatable bonds is 5. The van der Waals surface area contributed by atoms with Gasteiger partial charge >= 0.3 is 0 Å². The number of fused-ring (bicyclic) bond motifs is 1. The van der Waals surface area contributed by atoms with E-state index in [9.17, 15) is 18.0 Å². The Morgan fingerprint density at radius 2 is 1.76 bits per heavy atom. The van der Waals surface area contributed by atoms with E-state index in [1.54, 1.807) is 24.0 Å². The number of hydrogen-bond acceptors (Lipinski definition) is 5. The molecule has 0 radical (unpaired) electrons. The average molecular weight is 506 g/mol. The van der Waals surface area contributed by atoms with Crippen LogP contribution in [0.2, 0.25) is 5.02 Å². The molecule has 2 aromatic carbocycles. The van der Waals surface area contributed by atoms with Gasteiger partial charge < -0.3 is 10.2 Å². The first kappa shape index (κ1) is 23.7. The predicted octanol–water partition coefficient (Wildman–Crippen LogP) is 3.43. The number of nitrogens with one attached hydrogen (secondary N) is 1. The van der Waals surface area contributed by atoms with Crippen LogP contribution in [0.25, 0.3) is 10.1 Å². The normalized spacial score (nSPS) is 15.1. The number of aryl methyl sites for hydroxylation is 2. The summed E-state index contributed by atoms with van der Waals surface area (Å²) in [5.41, 5.74) is 1.57. The van der Waals surface area contributed by atoms with Gasteiger partial charge in [0.05, 0.1) is 16.5 Å². The molecule has 1 aliphatic heterocycles. The van der Waals surface area contributed by atoms with E-state index in [1.807, 2.05) is 37.3 Å². The van der Waals surface area contributed by atoms with Crippen LogP contribution in [0.4, 0.5) is 0 Å². The van der Waals surface area contributed by atoms with Crippen molar-refractivity contribution in [1.29, 1.82) is 0 Å². The molecule has 1 N–H and O–H groups in total. The maximum Gasteiger partial charge on any atom is 0.263 e. The summed E-state index contributed by atoms with van der Waals surface area (Å²) in [5.74, 6) is -0.657. The second-order valence-electron chi connectivity index (χ2n) is 7.98. The summed E-state index contributed by atoms with van der Waals surface area (Å²) in [6.07, 6.45) is 0. The van der Waals surface area contributed by atoms with Crippen molar-refractivity contribution in [3.8, 4) is 0 Å². The van der Waals surface area contributed by atoms with Crippen LogP contribution < -0.4 is 5.32 Å². The third-order valence-corrected chi connectivity index (χ3v) is 9.41. The molecule has 0 unspecified atom stereocenters. The lowest BCUT2D eigenvalue weighted by molar-refractivity contribution is -0.131. The molecule has 1 aromatic heterocycles. The van der Waals surface area contributed by atoms with Crippen molar-refractivity contribution in [2.24, 2.45) is 0 Å². The highest BCUT2D eigenvalue weighted by molar-refractivity contribution is 7.89. The second-order valence-corrected chi connectivity index (χ2v) is 11.3. The molecule has 0 aliphatic carbocycles. The Labute approximate surface area is 202 Å². The molecule has 0 saturated carbocycles. The van der Waals surface area contributed by atoms with E-state index in [1.165, 1.54) is 15.6 Å². The van der Waals surface area contributed by atoms with Crippen LogP contribution in [0.15, 0.2) is 47.4 Å². The van der Waals surface area contributed by atoms with Crippen LogP contribution in [-0.4, -0.2) is 62.2 Å². The van der Waals surface area contributed by atoms with Gasteiger partial charge in [-0.05, 0) is 37.1 Å². The van der Waals surface area contributed by atoms with Gasteiger partial charge in [0, 0.05) is 36.3 Å². The summed E-state index contributed by atoms with van der Waals surface area (Å²) < 4.78 is 28.5. The Kier molecular flexibility index (Phi) is 6.76. The van der Waals surface area contributed by atoms with Crippen LogP contribution in [0, 0.1) is 13.8 Å². The number of hydrogen-bond donors (Lipinski definition) is 1. The largest absolute Gasteiger partial charge is 0.342 e. The minimum Gasteiger partial charge on any atom is -0.342 e. The van der Waals surface area contributed by atoms with Gasteiger partial charge in [0.15, 0.2) is 0 Å². The number of halogens is 1. The standard InChI is InChI=1S/C23H24ClN3O4S2/c1-15-7-8-16(2)19(13-15)33(30,31)27-11-9-26(10-12-27)20(28)14-25-23(29)22-21(24)17-5-3-4-6-18(17)32-22/h3-8,13H,9-12,14H2,1-2H3,(H,25,29). The van der Waals surface area contributed by atoms with Crippen LogP contribution >= 0.6 is 22.9 Å². The maximum atomic E-state index is 13.1. The number of thiophene rings is 1. The molecular weight excluding hydrogens is 482 g/mol. The molecule has 1 saturated heterocycles. The summed E-state index contributed by atoms with van der Waals surface area (Å²) in [5, 5.41) is 3.83. The van der Waals surface area contributed by atoms with E-state index in [-0.39, 0.29) is 38.6 Å². The molecule has 33 heavy (non-hydrogen) atoms. The first-order valence-electron chi connectivity index (χ1n) is 10.5. The fourth-order valence-corrected chi connectivity index (χ4v) is 6.98. The van der Waals surface area contributed by atoms with Crippen LogP contribution in [0.5, 0.6) is 0 Å². The molecule has 0 spiro atoms. The van der Waals surface area contributed by atoms with E-state index in [4.69, 9.17) is 11.6 Å². The van der Waals surface area contributed by atoms with Crippen LogP contribution in [0.1, 0.15) is 20.8 Å². The van der Waals surface area contributed by atoms with Gasteiger partial charge in [-0.25, -0.2) is 8.42 Å². The summed E-state index contributed by atoms with van der Waals surface area (Å²) >= 11 is 7.62. The third-order valence-electron chi connectivity index (χ3n) is 5.69. The molecule has 0 bridgehead atoms. The molecule has 174 valence electrons. The topological polar surface area (TPSA) is 86.8 Å². The molecule has 3 aromatic rings. The van der Waals surface area contributed by atoms with E-state index in [2.05, 4.69) is 5.32 Å². The summed E-state index contributed by atoms with van der Waals surface area (Å²) in [6.45, 7) is 4.40. The van der Waals surface area contributed by atoms with E-state index < -0.39 is 15.9 Å². The SMILES string of the molecule is Cc1ccc(C)c(S(=O)(=O)N2CCN(C(=O)CNC(=O)c3sc4ccccc4c3Cl)CC2)c1. The summed E-state index contributed by atoms with van der Waals surface area (Å²) in [4.78, 5) is 27.5. The van der Waals surface area contributed by atoms with Crippen molar-refractivity contribution in [2.75, 3.05) is 32.7 Å². The van der Waals surface area contributed by atoms with E-state index in [0.717, 1.165) is 15.6 Å². The van der Waals surface area contributed by atoms with Crippen molar-refractivity contribution in [3.05, 3.63) is 63.5 Å². The molecule has 10 heteroatoms. The van der Waals surface area contributed by atoms with E-state index in [0.29, 0.717) is 20.4 Å². The molecule has 1 aliphatic rings. The van der Waals surface area contributed by atoms with Gasteiger partial charge in [-0.2, -0.15) is 4.31 Å². The molecule has 1 fully saturated rings. The van der Waals surface area contributed by atoms with Gasteiger partial charge in [-0.15, -0.1) is 11.3 Å². The number of amides is 2. The molecule has 7 nitrogen and oxygen atoms in total. The quantitative estimate of drug-likeness (QED) is 0.575. The second kappa shape index (κ2) is 9.42. The lowest BCUT2D eigenvalue weighted by atomic mass is 10.2. The van der Waals surface area contributed by atoms with Crippen molar-refractivity contribution >= 4 is 54.9 Å². The van der Waals surface area contributed by atoms with E-state index >= 15 is 0 Å². The Hall–Kier alpha value is -2.46. The lowest BCUT2D eigenvalue weighted by Crippen LogP contribution is -2.52. The van der Waals surface area contributed by atoms with Crippen molar-refractivity contribution in [3.63, 3.8) is 0 Å². The smallest absolute Gasteiger partial charge is 0.263 e. The minimum atomic E-state index is -3.63. The van der Waals surface area contributed by atoms with Gasteiger partial charge in [0.25, 0.3) is 5.91 Å². The predicted molar refractivity (Wildman–Crippen MR) is 130 cm³/mol. The number of benzene rings is 2. The zero-order chi connectivity index (χ0) is 23.8. The monoisotopic (exact) mass is 505 g/mol. The fraction of sp³-hybridized carbons (Fsp3) is 0.304. The minimum absolute atomic E-state index is 0.173. The zero-order valence-corrected chi connectivity index (χ0v) is 20.7. The third kappa shape index (κ3) is 4.77. The van der Waals surface area contributed by atoms with Gasteiger partial charge in [0.2, 0.25) is 15.9 Å². The van der Waals surface area contributed by atoms with Crippen LogP contribution in [0.3, 0.4) is 0 Å². The van der Waals surface area contributed by atoms with Crippen LogP contribution in [-0.2, 0) is 14.8 Å². The Bertz CT molecular complexity index is 1330. The summed E-state index contributed by atoms with van der Waals surface area (Å²) in [6, 6.07) is 12.8. The average Bonchev–Trinajstić information content (AvgIpc) is 3.15. The number of piperazine rings is 1. The number of sulfonamides is 1. The maximum absolute atomic E-state index is 13.1. The van der Waals surface area contributed by atoms with Crippen molar-refractivity contribution < 1.29 is 18.0 Å². The Morgan fingerprint density at radius 3 is 2.45 bits per heavy atom. The van der Waals surface area contributed by atoms with Gasteiger partial charge in [-0.1, -0.05) is 41.9 Å². The fourth-order valence-electron chi connectivity index (χ4n) is 3.81. The first-order valence-corrected chi connectivity index (χ1v) is 13.1. The number of carbonyl (C=O) groups is 2. The van der Waals surface area contributed by atoms with Crippen molar-refractivity contribution in [1.82, 2.24) is 14.5 Å². The molecule has 2 heterocycles. The molecular formula is C23H24ClN3O4S2. The highest BCUT2D eigenvalue weighted by Crippen LogP contribution is 2.35. The van der Waals surface area contributed by atoms with Gasteiger partial charge in [0.1, 0.15) is 4.88 Å². The molecule has 2 amide bonds. The lowest BCUT2D eigenvalue weighted by Gasteiger charge is -2.34. The Morgan fingerprint density at radius 1 is 1.06 bits per heavy atom. The van der Waals surface area contributed by atoms with Crippen molar-refractivity contribution in [2.45, 2.75) is 18.7 Å². The Balaban J connectivity index is 1.35. The number of nitrogens with zero attached hydrogens (tertiary/aromatic N) is 2. The highest BCUT2D eigenvalue weighted by Gasteiger charge is 2.31. The number of carbonyl (C=O) groups excluding carboxylic acids is 2. The van der Waals surface area contributed by atoms with Gasteiger partial charge in [-0.3, -0.25) is 9.59 Å². The zero-order valence-electron chi connectivity index (χ0n) is 18.3. The molecule has 0 atom stereocenters.